The van der Waals surface area contributed by atoms with Gasteiger partial charge in [-0.15, -0.1) is 10.2 Å². The Balaban J connectivity index is 2.13. The van der Waals surface area contributed by atoms with Gasteiger partial charge in [0.25, 0.3) is 0 Å². The molecular weight excluding hydrogens is 288 g/mol. The monoisotopic (exact) mass is 308 g/mol. The summed E-state index contributed by atoms with van der Waals surface area (Å²) >= 11 is 1.48. The fourth-order valence-corrected chi connectivity index (χ4v) is 3.02. The molecule has 1 atom stereocenters. The maximum atomic E-state index is 12.1. The van der Waals surface area contributed by atoms with Crippen molar-refractivity contribution in [1.29, 1.82) is 0 Å². The van der Waals surface area contributed by atoms with E-state index >= 15 is 0 Å². The Bertz CT molecular complexity index is 616. The van der Waals surface area contributed by atoms with Gasteiger partial charge in [-0.25, -0.2) is 0 Å². The molecule has 0 aromatic carbocycles. The SMILES string of the molecule is CCNC(C)(CSc1nnc2ccccn12)C(=O)OCC. The molecule has 1 N–H and O–H groups in total. The Hall–Kier alpha value is -1.60. The van der Waals surface area contributed by atoms with Crippen LogP contribution in [0.25, 0.3) is 5.65 Å². The number of likely N-dealkylation sites (N-methyl/N-ethyl adjacent to an activating group) is 1. The molecule has 0 fully saturated rings. The van der Waals surface area contributed by atoms with Crippen LogP contribution in [0.4, 0.5) is 0 Å². The average Bonchev–Trinajstić information content (AvgIpc) is 2.89. The molecule has 0 aliphatic rings. The zero-order chi connectivity index (χ0) is 15.3. The third kappa shape index (κ3) is 3.54. The van der Waals surface area contributed by atoms with Crippen molar-refractivity contribution in [3.05, 3.63) is 24.4 Å². The van der Waals surface area contributed by atoms with Crippen LogP contribution in [0.1, 0.15) is 20.8 Å². The van der Waals surface area contributed by atoms with E-state index in [-0.39, 0.29) is 5.97 Å². The summed E-state index contributed by atoms with van der Waals surface area (Å²) in [5.41, 5.74) is 0.0528. The van der Waals surface area contributed by atoms with Crippen LogP contribution in [0.2, 0.25) is 0 Å². The second-order valence-electron chi connectivity index (χ2n) is 4.78. The molecule has 0 radical (unpaired) electrons. The topological polar surface area (TPSA) is 68.5 Å². The summed E-state index contributed by atoms with van der Waals surface area (Å²) in [5.74, 6) is 0.281. The van der Waals surface area contributed by atoms with Crippen LogP contribution < -0.4 is 5.32 Å². The number of esters is 1. The van der Waals surface area contributed by atoms with E-state index in [0.717, 1.165) is 10.8 Å². The summed E-state index contributed by atoms with van der Waals surface area (Å²) in [4.78, 5) is 12.1. The lowest BCUT2D eigenvalue weighted by Gasteiger charge is -2.27. The van der Waals surface area contributed by atoms with Crippen LogP contribution in [0.15, 0.2) is 29.6 Å². The molecule has 6 nitrogen and oxygen atoms in total. The standard InChI is InChI=1S/C14H20N4O2S/c1-4-15-14(3,12(19)20-5-2)10-21-13-17-16-11-8-6-7-9-18(11)13/h6-9,15H,4-5,10H2,1-3H3. The first kappa shape index (κ1) is 15.8. The van der Waals surface area contributed by atoms with E-state index in [4.69, 9.17) is 4.74 Å². The molecular formula is C14H20N4O2S. The van der Waals surface area contributed by atoms with E-state index in [1.54, 1.807) is 0 Å². The number of hydrogen-bond acceptors (Lipinski definition) is 6. The van der Waals surface area contributed by atoms with Crippen molar-refractivity contribution in [3.63, 3.8) is 0 Å². The molecule has 0 spiro atoms. The molecule has 2 heterocycles. The maximum absolute atomic E-state index is 12.1. The van der Waals surface area contributed by atoms with Crippen molar-refractivity contribution in [2.24, 2.45) is 0 Å². The first-order valence-electron chi connectivity index (χ1n) is 6.95. The molecule has 114 valence electrons. The van der Waals surface area contributed by atoms with Crippen LogP contribution in [0, 0.1) is 0 Å². The number of carbonyl (C=O) groups is 1. The molecule has 0 aliphatic heterocycles. The van der Waals surface area contributed by atoms with Gasteiger partial charge >= 0.3 is 5.97 Å². The highest BCUT2D eigenvalue weighted by molar-refractivity contribution is 7.99. The van der Waals surface area contributed by atoms with Crippen LogP contribution in [0.3, 0.4) is 0 Å². The van der Waals surface area contributed by atoms with Gasteiger partial charge in [0.2, 0.25) is 0 Å². The second kappa shape index (κ2) is 6.91. The highest BCUT2D eigenvalue weighted by atomic mass is 32.2. The molecule has 0 bridgehead atoms. The number of fused-ring (bicyclic) bond motifs is 1. The van der Waals surface area contributed by atoms with Crippen molar-refractivity contribution in [3.8, 4) is 0 Å². The second-order valence-corrected chi connectivity index (χ2v) is 5.73. The molecule has 0 saturated heterocycles. The summed E-state index contributed by atoms with van der Waals surface area (Å²) in [6.07, 6.45) is 1.91. The van der Waals surface area contributed by atoms with E-state index in [2.05, 4.69) is 15.5 Å². The minimum atomic E-state index is -0.740. The fraction of sp³-hybridized carbons (Fsp3) is 0.500. The number of rotatable bonds is 7. The van der Waals surface area contributed by atoms with Crippen molar-refractivity contribution in [1.82, 2.24) is 19.9 Å². The number of ether oxygens (including phenoxy) is 1. The third-order valence-electron chi connectivity index (χ3n) is 3.07. The van der Waals surface area contributed by atoms with Crippen LogP contribution in [0.5, 0.6) is 0 Å². The largest absolute Gasteiger partial charge is 0.465 e. The fourth-order valence-electron chi connectivity index (χ4n) is 1.99. The summed E-state index contributed by atoms with van der Waals surface area (Å²) in [6.45, 7) is 6.69. The highest BCUT2D eigenvalue weighted by Crippen LogP contribution is 2.22. The number of nitrogens with one attached hydrogen (secondary N) is 1. The average molecular weight is 308 g/mol. The zero-order valence-corrected chi connectivity index (χ0v) is 13.3. The smallest absolute Gasteiger partial charge is 0.326 e. The van der Waals surface area contributed by atoms with Gasteiger partial charge in [-0.2, -0.15) is 0 Å². The van der Waals surface area contributed by atoms with E-state index in [9.17, 15) is 4.79 Å². The number of nitrogens with zero attached hydrogens (tertiary/aromatic N) is 3. The van der Waals surface area contributed by atoms with Crippen LogP contribution in [-0.2, 0) is 9.53 Å². The van der Waals surface area contributed by atoms with Gasteiger partial charge in [-0.05, 0) is 32.5 Å². The molecule has 7 heteroatoms. The first-order chi connectivity index (χ1) is 10.1. The molecule has 21 heavy (non-hydrogen) atoms. The Kier molecular flexibility index (Phi) is 5.19. The van der Waals surface area contributed by atoms with E-state index in [1.807, 2.05) is 49.6 Å². The summed E-state index contributed by atoms with van der Waals surface area (Å²) in [6, 6.07) is 5.74. The number of pyridine rings is 1. The van der Waals surface area contributed by atoms with Crippen molar-refractivity contribution in [2.45, 2.75) is 31.5 Å². The Labute approximate surface area is 128 Å². The number of hydrogen-bond donors (Lipinski definition) is 1. The molecule has 1 unspecified atom stereocenters. The Morgan fingerprint density at radius 2 is 2.24 bits per heavy atom. The van der Waals surface area contributed by atoms with Crippen LogP contribution >= 0.6 is 11.8 Å². The lowest BCUT2D eigenvalue weighted by Crippen LogP contribution is -2.52. The third-order valence-corrected chi connectivity index (χ3v) is 4.32. The lowest BCUT2D eigenvalue weighted by molar-refractivity contribution is -0.149. The first-order valence-corrected chi connectivity index (χ1v) is 7.94. The van der Waals surface area contributed by atoms with Crippen molar-refractivity contribution in [2.75, 3.05) is 18.9 Å². The minimum Gasteiger partial charge on any atom is -0.465 e. The molecule has 0 aliphatic carbocycles. The van der Waals surface area contributed by atoms with Crippen molar-refractivity contribution >= 4 is 23.4 Å². The Morgan fingerprint density at radius 1 is 1.43 bits per heavy atom. The van der Waals surface area contributed by atoms with Gasteiger partial charge in [0.15, 0.2) is 10.8 Å². The molecule has 2 aromatic heterocycles. The lowest BCUT2D eigenvalue weighted by atomic mass is 10.1. The minimum absolute atomic E-state index is 0.242. The highest BCUT2D eigenvalue weighted by Gasteiger charge is 2.34. The summed E-state index contributed by atoms with van der Waals surface area (Å²) < 4.78 is 7.06. The van der Waals surface area contributed by atoms with Gasteiger partial charge in [0, 0.05) is 11.9 Å². The van der Waals surface area contributed by atoms with Gasteiger partial charge in [0.05, 0.1) is 6.61 Å². The van der Waals surface area contributed by atoms with Gasteiger partial charge in [-0.3, -0.25) is 9.20 Å². The van der Waals surface area contributed by atoms with Gasteiger partial charge in [-0.1, -0.05) is 24.8 Å². The van der Waals surface area contributed by atoms with Crippen LogP contribution in [-0.4, -0.2) is 45.0 Å². The normalized spacial score (nSPS) is 14.0. The van der Waals surface area contributed by atoms with E-state index in [0.29, 0.717) is 18.9 Å². The van der Waals surface area contributed by atoms with Gasteiger partial charge < -0.3 is 10.1 Å². The zero-order valence-electron chi connectivity index (χ0n) is 12.5. The Morgan fingerprint density at radius 3 is 2.95 bits per heavy atom. The number of carbonyl (C=O) groups excluding carboxylic acids is 1. The predicted molar refractivity (Wildman–Crippen MR) is 82.4 cm³/mol. The number of aromatic nitrogens is 3. The summed E-state index contributed by atoms with van der Waals surface area (Å²) in [5, 5.41) is 12.2. The molecule has 2 rings (SSSR count). The quantitative estimate of drug-likeness (QED) is 0.621. The molecule has 2 aromatic rings. The molecule has 0 saturated carbocycles. The molecule has 0 amide bonds. The van der Waals surface area contributed by atoms with Gasteiger partial charge in [0.1, 0.15) is 5.54 Å². The number of thioether (sulfide) groups is 1. The van der Waals surface area contributed by atoms with Crippen molar-refractivity contribution < 1.29 is 9.53 Å². The van der Waals surface area contributed by atoms with E-state index in [1.165, 1.54) is 11.8 Å². The van der Waals surface area contributed by atoms with E-state index < -0.39 is 5.54 Å². The summed E-state index contributed by atoms with van der Waals surface area (Å²) in [7, 11) is 0. The maximum Gasteiger partial charge on any atom is 0.326 e. The predicted octanol–water partition coefficient (Wildman–Crippen LogP) is 1.75.